The summed E-state index contributed by atoms with van der Waals surface area (Å²) in [6.07, 6.45) is 1.22. The van der Waals surface area contributed by atoms with Crippen molar-refractivity contribution in [3.63, 3.8) is 0 Å². The van der Waals surface area contributed by atoms with E-state index in [-0.39, 0.29) is 6.42 Å². The van der Waals surface area contributed by atoms with Crippen molar-refractivity contribution in [1.29, 1.82) is 0 Å². The Labute approximate surface area is 117 Å². The van der Waals surface area contributed by atoms with E-state index in [1.807, 2.05) is 0 Å². The highest BCUT2D eigenvalue weighted by Crippen LogP contribution is 2.35. The Hall–Kier alpha value is -2.30. The van der Waals surface area contributed by atoms with Gasteiger partial charge in [0.15, 0.2) is 0 Å². The van der Waals surface area contributed by atoms with E-state index in [4.69, 9.17) is 9.84 Å². The van der Waals surface area contributed by atoms with Crippen LogP contribution >= 0.6 is 0 Å². The number of carboxylic acid groups (broad SMARTS) is 2. The first-order chi connectivity index (χ1) is 9.28. The molecule has 0 aliphatic carbocycles. The molecule has 1 aromatic rings. The minimum Gasteiger partial charge on any atom is -0.497 e. The molecule has 5 nitrogen and oxygen atoms in total. The number of methoxy groups -OCH3 is 1. The van der Waals surface area contributed by atoms with E-state index in [9.17, 15) is 14.7 Å². The molecule has 1 rings (SSSR count). The molecular weight excluding hydrogens is 260 g/mol. The number of hydrogen-bond donors (Lipinski definition) is 2. The van der Waals surface area contributed by atoms with Crippen molar-refractivity contribution in [3.05, 3.63) is 35.9 Å². The van der Waals surface area contributed by atoms with Gasteiger partial charge in [-0.15, -0.1) is 0 Å². The largest absolute Gasteiger partial charge is 0.497 e. The Kier molecular flexibility index (Phi) is 4.91. The second-order valence-electron chi connectivity index (χ2n) is 4.87. The van der Waals surface area contributed by atoms with Gasteiger partial charge in [0.2, 0.25) is 0 Å². The molecule has 20 heavy (non-hydrogen) atoms. The molecule has 108 valence electrons. The summed E-state index contributed by atoms with van der Waals surface area (Å²) in [5, 5.41) is 18.1. The molecule has 0 radical (unpaired) electrons. The van der Waals surface area contributed by atoms with Crippen molar-refractivity contribution in [2.24, 2.45) is 5.41 Å². The third-order valence-electron chi connectivity index (χ3n) is 3.09. The van der Waals surface area contributed by atoms with Gasteiger partial charge in [0.25, 0.3) is 0 Å². The molecule has 0 amide bonds. The van der Waals surface area contributed by atoms with Gasteiger partial charge in [0.05, 0.1) is 18.9 Å². The first kappa shape index (κ1) is 15.8. The summed E-state index contributed by atoms with van der Waals surface area (Å²) in [5.41, 5.74) is -0.0428. The lowest BCUT2D eigenvalue weighted by Gasteiger charge is -2.24. The van der Waals surface area contributed by atoms with Gasteiger partial charge in [0, 0.05) is 0 Å². The highest BCUT2D eigenvalue weighted by atomic mass is 16.5. The normalized spacial score (nSPS) is 12.1. The molecule has 0 bridgehead atoms. The number of benzene rings is 1. The molecule has 0 unspecified atom stereocenters. The minimum atomic E-state index is -1.18. The number of hydrogen-bond acceptors (Lipinski definition) is 3. The molecule has 0 spiro atoms. The molecular formula is C15H18O5. The zero-order chi connectivity index (χ0) is 15.3. The fourth-order valence-corrected chi connectivity index (χ4v) is 1.81. The number of carbonyl (C=O) groups is 2. The molecule has 0 heterocycles. The summed E-state index contributed by atoms with van der Waals surface area (Å²) in [4.78, 5) is 22.1. The zero-order valence-electron chi connectivity index (χ0n) is 11.7. The maximum absolute atomic E-state index is 11.4. The fraction of sp³-hybridized carbons (Fsp3) is 0.333. The summed E-state index contributed by atoms with van der Waals surface area (Å²) in [6.45, 7) is 3.10. The fourth-order valence-electron chi connectivity index (χ4n) is 1.81. The first-order valence-corrected chi connectivity index (χ1v) is 6.09. The third kappa shape index (κ3) is 3.60. The molecule has 5 heteroatoms. The Morgan fingerprint density at radius 2 is 1.75 bits per heavy atom. The Morgan fingerprint density at radius 1 is 1.20 bits per heavy atom. The highest BCUT2D eigenvalue weighted by Gasteiger charge is 2.32. The average Bonchev–Trinajstić information content (AvgIpc) is 2.38. The number of aliphatic carboxylic acids is 2. The standard InChI is InChI=1S/C15H18O5/c1-15(2,14(18)19)12(8-9-13(16)17)10-4-6-11(20-3)7-5-10/h4-8H,9H2,1-3H3,(H,16,17)(H,18,19)/b12-8+. The smallest absolute Gasteiger partial charge is 0.313 e. The van der Waals surface area contributed by atoms with Crippen LogP contribution in [0.2, 0.25) is 0 Å². The van der Waals surface area contributed by atoms with Crippen LogP contribution in [0.5, 0.6) is 5.75 Å². The molecule has 0 fully saturated rings. The van der Waals surface area contributed by atoms with Crippen LogP contribution < -0.4 is 4.74 Å². The van der Waals surface area contributed by atoms with Gasteiger partial charge in [-0.3, -0.25) is 9.59 Å². The van der Waals surface area contributed by atoms with Gasteiger partial charge in [-0.05, 0) is 37.1 Å². The van der Waals surface area contributed by atoms with E-state index < -0.39 is 17.4 Å². The summed E-state index contributed by atoms with van der Waals surface area (Å²) < 4.78 is 5.05. The van der Waals surface area contributed by atoms with Crippen molar-refractivity contribution in [2.45, 2.75) is 20.3 Å². The van der Waals surface area contributed by atoms with E-state index in [2.05, 4.69) is 0 Å². The van der Waals surface area contributed by atoms with E-state index >= 15 is 0 Å². The van der Waals surface area contributed by atoms with Gasteiger partial charge in [-0.25, -0.2) is 0 Å². The van der Waals surface area contributed by atoms with Crippen LogP contribution in [0.3, 0.4) is 0 Å². The number of carboxylic acids is 2. The van der Waals surface area contributed by atoms with E-state index in [1.165, 1.54) is 13.2 Å². The van der Waals surface area contributed by atoms with Gasteiger partial charge < -0.3 is 14.9 Å². The first-order valence-electron chi connectivity index (χ1n) is 6.09. The number of ether oxygens (including phenoxy) is 1. The second kappa shape index (κ2) is 6.23. The molecule has 0 atom stereocenters. The van der Waals surface area contributed by atoms with Crippen LogP contribution in [-0.2, 0) is 9.59 Å². The SMILES string of the molecule is COc1ccc(/C(=C\CC(=O)O)C(C)(C)C(=O)O)cc1. The van der Waals surface area contributed by atoms with Crippen molar-refractivity contribution in [3.8, 4) is 5.75 Å². The topological polar surface area (TPSA) is 83.8 Å². The van der Waals surface area contributed by atoms with Crippen LogP contribution in [0.25, 0.3) is 5.57 Å². The summed E-state index contributed by atoms with van der Waals surface area (Å²) in [7, 11) is 1.54. The van der Waals surface area contributed by atoms with Crippen LogP contribution in [-0.4, -0.2) is 29.3 Å². The number of rotatable bonds is 6. The quantitative estimate of drug-likeness (QED) is 0.835. The van der Waals surface area contributed by atoms with Gasteiger partial charge in [-0.2, -0.15) is 0 Å². The molecule has 1 aromatic carbocycles. The molecule has 0 aliphatic heterocycles. The highest BCUT2D eigenvalue weighted by molar-refractivity contribution is 5.92. The lowest BCUT2D eigenvalue weighted by Crippen LogP contribution is -2.25. The van der Waals surface area contributed by atoms with Crippen LogP contribution in [0.4, 0.5) is 0 Å². The van der Waals surface area contributed by atoms with Crippen molar-refractivity contribution < 1.29 is 24.5 Å². The molecule has 0 saturated carbocycles. The predicted molar refractivity (Wildman–Crippen MR) is 74.6 cm³/mol. The van der Waals surface area contributed by atoms with Crippen LogP contribution in [0.1, 0.15) is 25.8 Å². The van der Waals surface area contributed by atoms with E-state index in [1.54, 1.807) is 38.1 Å². The van der Waals surface area contributed by atoms with Gasteiger partial charge in [0.1, 0.15) is 5.75 Å². The second-order valence-corrected chi connectivity index (χ2v) is 4.87. The van der Waals surface area contributed by atoms with E-state index in [0.717, 1.165) is 0 Å². The van der Waals surface area contributed by atoms with Crippen LogP contribution in [0, 0.1) is 5.41 Å². The lowest BCUT2D eigenvalue weighted by atomic mass is 9.79. The summed E-state index contributed by atoms with van der Waals surface area (Å²) >= 11 is 0. The zero-order valence-corrected chi connectivity index (χ0v) is 11.7. The van der Waals surface area contributed by atoms with Crippen molar-refractivity contribution >= 4 is 17.5 Å². The Balaban J connectivity index is 3.26. The van der Waals surface area contributed by atoms with Crippen molar-refractivity contribution in [2.75, 3.05) is 7.11 Å². The van der Waals surface area contributed by atoms with E-state index in [0.29, 0.717) is 16.9 Å². The summed E-state index contributed by atoms with van der Waals surface area (Å²) in [5.74, 6) is -1.36. The molecule has 0 aliphatic rings. The molecule has 2 N–H and O–H groups in total. The van der Waals surface area contributed by atoms with Crippen LogP contribution in [0.15, 0.2) is 30.3 Å². The van der Waals surface area contributed by atoms with Gasteiger partial charge in [-0.1, -0.05) is 18.2 Å². The predicted octanol–water partition coefficient (Wildman–Crippen LogP) is 2.66. The molecule has 0 saturated heterocycles. The van der Waals surface area contributed by atoms with Gasteiger partial charge >= 0.3 is 11.9 Å². The minimum absolute atomic E-state index is 0.224. The molecule has 0 aromatic heterocycles. The third-order valence-corrected chi connectivity index (χ3v) is 3.09. The summed E-state index contributed by atoms with van der Waals surface area (Å²) in [6, 6.07) is 6.86. The average molecular weight is 278 g/mol. The Bertz CT molecular complexity index is 526. The maximum Gasteiger partial charge on any atom is 0.313 e. The lowest BCUT2D eigenvalue weighted by molar-refractivity contribution is -0.143. The maximum atomic E-state index is 11.4. The Morgan fingerprint density at radius 3 is 2.15 bits per heavy atom. The monoisotopic (exact) mass is 278 g/mol. The van der Waals surface area contributed by atoms with Crippen molar-refractivity contribution in [1.82, 2.24) is 0 Å².